The first kappa shape index (κ1) is 22.3. The molecular weight excluding hydrogens is 328 g/mol. The van der Waals surface area contributed by atoms with Crippen molar-refractivity contribution in [1.29, 1.82) is 0 Å². The zero-order chi connectivity index (χ0) is 19.0. The minimum absolute atomic E-state index is 0.148. The van der Waals surface area contributed by atoms with Crippen molar-refractivity contribution >= 4 is 11.8 Å². The number of carbonyl (C=O) groups is 2. The molecule has 1 rings (SSSR count). The van der Waals surface area contributed by atoms with Crippen molar-refractivity contribution < 1.29 is 19.4 Å². The van der Waals surface area contributed by atoms with Gasteiger partial charge in [-0.1, -0.05) is 58.3 Å². The molecule has 26 heavy (non-hydrogen) atoms. The second-order valence-corrected chi connectivity index (χ2v) is 6.96. The van der Waals surface area contributed by atoms with Crippen LogP contribution in [0.1, 0.15) is 96.8 Å². The summed E-state index contributed by atoms with van der Waals surface area (Å²) >= 11 is 0. The van der Waals surface area contributed by atoms with Crippen LogP contribution in [0.4, 0.5) is 0 Å². The lowest BCUT2D eigenvalue weighted by atomic mass is 10.0. The number of ketones is 1. The van der Waals surface area contributed by atoms with Gasteiger partial charge in [-0.15, -0.1) is 11.8 Å². The number of aliphatic hydroxyl groups is 1. The average Bonchev–Trinajstić information content (AvgIpc) is 2.96. The Kier molecular flexibility index (Phi) is 12.4. The number of unbranched alkanes of at least 4 members (excludes halogenated alkanes) is 11. The normalized spacial score (nSPS) is 13.5. The molecule has 1 N–H and O–H groups in total. The predicted molar refractivity (Wildman–Crippen MR) is 104 cm³/mol. The smallest absolute Gasteiger partial charge is 0.345 e. The van der Waals surface area contributed by atoms with Crippen LogP contribution in [0.25, 0.3) is 0 Å². The fourth-order valence-corrected chi connectivity index (χ4v) is 3.00. The summed E-state index contributed by atoms with van der Waals surface area (Å²) in [5.41, 5.74) is -0.148. The van der Waals surface area contributed by atoms with Crippen LogP contribution in [0.15, 0.2) is 11.3 Å². The summed E-state index contributed by atoms with van der Waals surface area (Å²) in [4.78, 5) is 23.2. The van der Waals surface area contributed by atoms with Gasteiger partial charge >= 0.3 is 5.97 Å². The van der Waals surface area contributed by atoms with Crippen molar-refractivity contribution in [1.82, 2.24) is 0 Å². The Bertz CT molecular complexity index is 522. The molecule has 1 aliphatic rings. The van der Waals surface area contributed by atoms with Crippen LogP contribution in [0.3, 0.4) is 0 Å². The summed E-state index contributed by atoms with van der Waals surface area (Å²) in [6, 6.07) is 0. The highest BCUT2D eigenvalue weighted by atomic mass is 16.5. The Morgan fingerprint density at radius 1 is 0.923 bits per heavy atom. The maximum atomic E-state index is 11.9. The van der Waals surface area contributed by atoms with Gasteiger partial charge in [0.1, 0.15) is 17.9 Å². The van der Waals surface area contributed by atoms with Crippen LogP contribution in [0.2, 0.25) is 0 Å². The molecule has 0 saturated heterocycles. The first-order chi connectivity index (χ1) is 12.7. The van der Waals surface area contributed by atoms with E-state index in [-0.39, 0.29) is 23.7 Å². The number of ether oxygens (including phenoxy) is 1. The predicted octanol–water partition coefficient (Wildman–Crippen LogP) is 5.41. The van der Waals surface area contributed by atoms with Crippen molar-refractivity contribution in [3.8, 4) is 11.8 Å². The molecule has 0 aromatic carbocycles. The average molecular weight is 363 g/mol. The van der Waals surface area contributed by atoms with E-state index in [0.717, 1.165) is 44.9 Å². The summed E-state index contributed by atoms with van der Waals surface area (Å²) in [7, 11) is 0. The molecule has 1 aliphatic heterocycles. The molecule has 0 atom stereocenters. The monoisotopic (exact) mass is 362 g/mol. The van der Waals surface area contributed by atoms with Gasteiger partial charge in [-0.25, -0.2) is 4.79 Å². The molecule has 0 spiro atoms. The Balaban J connectivity index is 1.91. The Labute approximate surface area is 158 Å². The van der Waals surface area contributed by atoms with Crippen LogP contribution in [0, 0.1) is 11.8 Å². The summed E-state index contributed by atoms with van der Waals surface area (Å²) < 4.78 is 4.63. The van der Waals surface area contributed by atoms with Crippen molar-refractivity contribution in [2.24, 2.45) is 0 Å². The molecule has 0 aliphatic carbocycles. The second-order valence-electron chi connectivity index (χ2n) is 6.96. The van der Waals surface area contributed by atoms with Crippen LogP contribution in [-0.4, -0.2) is 23.5 Å². The highest BCUT2D eigenvalue weighted by Crippen LogP contribution is 2.17. The van der Waals surface area contributed by atoms with Crippen LogP contribution >= 0.6 is 0 Å². The van der Waals surface area contributed by atoms with Crippen molar-refractivity contribution in [2.75, 3.05) is 6.61 Å². The Morgan fingerprint density at radius 2 is 1.46 bits per heavy atom. The molecule has 0 radical (unpaired) electrons. The van der Waals surface area contributed by atoms with E-state index >= 15 is 0 Å². The van der Waals surface area contributed by atoms with Crippen molar-refractivity contribution in [3.63, 3.8) is 0 Å². The Hall–Kier alpha value is -1.76. The number of cyclic esters (lactones) is 1. The molecule has 1 heterocycles. The van der Waals surface area contributed by atoms with Gasteiger partial charge in [0.05, 0.1) is 0 Å². The SMILES string of the molecule is CCCCCCCCC#CCCCCCCCC(=O)C1=C(O)COC1=O. The molecule has 0 fully saturated rings. The van der Waals surface area contributed by atoms with E-state index in [4.69, 9.17) is 0 Å². The maximum absolute atomic E-state index is 11.9. The van der Waals surface area contributed by atoms with Gasteiger partial charge in [-0.3, -0.25) is 4.79 Å². The van der Waals surface area contributed by atoms with Crippen LogP contribution < -0.4 is 0 Å². The Morgan fingerprint density at radius 3 is 2.00 bits per heavy atom. The third kappa shape index (κ3) is 9.65. The molecule has 0 amide bonds. The quantitative estimate of drug-likeness (QED) is 0.194. The third-order valence-corrected chi connectivity index (χ3v) is 4.60. The van der Waals surface area contributed by atoms with Gasteiger partial charge in [-0.2, -0.15) is 0 Å². The number of Topliss-reactive ketones (excluding diaryl/α,β-unsaturated/α-hetero) is 1. The molecule has 0 bridgehead atoms. The molecular formula is C22H34O4. The van der Waals surface area contributed by atoms with E-state index in [0.29, 0.717) is 6.42 Å². The second kappa shape index (κ2) is 14.4. The standard InChI is InChI=1S/C22H34O4/c1-2-3-4-5-6-7-8-9-10-11-12-13-14-15-16-17-19(23)21-20(24)18-26-22(21)25/h24H,2-8,11-18H2,1H3. The fraction of sp³-hybridized carbons (Fsp3) is 0.727. The molecule has 4 nitrogen and oxygen atoms in total. The van der Waals surface area contributed by atoms with E-state index in [1.54, 1.807) is 0 Å². The number of rotatable bonds is 14. The number of hydrogen-bond donors (Lipinski definition) is 1. The van der Waals surface area contributed by atoms with Crippen molar-refractivity contribution in [3.05, 3.63) is 11.3 Å². The summed E-state index contributed by atoms with van der Waals surface area (Å²) in [6.45, 7) is 2.07. The maximum Gasteiger partial charge on any atom is 0.345 e. The van der Waals surface area contributed by atoms with Gasteiger partial charge in [0.2, 0.25) is 0 Å². The lowest BCUT2D eigenvalue weighted by Crippen LogP contribution is -2.10. The molecule has 0 aromatic heterocycles. The van der Waals surface area contributed by atoms with Gasteiger partial charge in [0, 0.05) is 19.3 Å². The topological polar surface area (TPSA) is 63.6 Å². The number of carbonyl (C=O) groups excluding carboxylic acids is 2. The minimum atomic E-state index is -0.688. The summed E-state index contributed by atoms with van der Waals surface area (Å²) in [5, 5.41) is 9.46. The first-order valence-corrected chi connectivity index (χ1v) is 10.2. The van der Waals surface area contributed by atoms with E-state index in [1.165, 1.54) is 38.5 Å². The number of aliphatic hydroxyl groups excluding tert-OH is 1. The summed E-state index contributed by atoms with van der Waals surface area (Å²) in [6.07, 6.45) is 15.2. The minimum Gasteiger partial charge on any atom is -0.508 e. The third-order valence-electron chi connectivity index (χ3n) is 4.60. The number of esters is 1. The first-order valence-electron chi connectivity index (χ1n) is 10.2. The zero-order valence-corrected chi connectivity index (χ0v) is 16.3. The molecule has 0 saturated carbocycles. The largest absolute Gasteiger partial charge is 0.508 e. The van der Waals surface area contributed by atoms with Gasteiger partial charge < -0.3 is 9.84 Å². The highest BCUT2D eigenvalue weighted by Gasteiger charge is 2.29. The number of hydrogen-bond acceptors (Lipinski definition) is 4. The van der Waals surface area contributed by atoms with Gasteiger partial charge in [0.25, 0.3) is 0 Å². The zero-order valence-electron chi connectivity index (χ0n) is 16.3. The lowest BCUT2D eigenvalue weighted by molar-refractivity contribution is -0.137. The molecule has 0 unspecified atom stereocenters. The lowest BCUT2D eigenvalue weighted by Gasteiger charge is -2.01. The van der Waals surface area contributed by atoms with Crippen molar-refractivity contribution in [2.45, 2.75) is 96.8 Å². The van der Waals surface area contributed by atoms with E-state index in [9.17, 15) is 14.7 Å². The fourth-order valence-electron chi connectivity index (χ4n) is 3.00. The van der Waals surface area contributed by atoms with Crippen LogP contribution in [0.5, 0.6) is 0 Å². The highest BCUT2D eigenvalue weighted by molar-refractivity contribution is 6.18. The van der Waals surface area contributed by atoms with Gasteiger partial charge in [-0.05, 0) is 19.3 Å². The molecule has 0 aromatic rings. The van der Waals surface area contributed by atoms with Crippen LogP contribution in [-0.2, 0) is 14.3 Å². The molecule has 146 valence electrons. The van der Waals surface area contributed by atoms with E-state index < -0.39 is 5.97 Å². The van der Waals surface area contributed by atoms with E-state index in [2.05, 4.69) is 23.5 Å². The molecule has 4 heteroatoms. The summed E-state index contributed by atoms with van der Waals surface area (Å²) in [5.74, 6) is 5.31. The van der Waals surface area contributed by atoms with Gasteiger partial charge in [0.15, 0.2) is 5.78 Å². The van der Waals surface area contributed by atoms with E-state index in [1.807, 2.05) is 0 Å².